The van der Waals surface area contributed by atoms with Gasteiger partial charge in [0.2, 0.25) is 0 Å². The van der Waals surface area contributed by atoms with Crippen molar-refractivity contribution in [2.24, 2.45) is 7.05 Å². The predicted octanol–water partition coefficient (Wildman–Crippen LogP) is 3.16. The molecule has 6 nitrogen and oxygen atoms in total. The van der Waals surface area contributed by atoms with Crippen LogP contribution in [0.4, 0.5) is 5.69 Å². The minimum atomic E-state index is -0.575. The molecule has 0 bridgehead atoms. The molecule has 2 heterocycles. The van der Waals surface area contributed by atoms with Crippen molar-refractivity contribution in [3.8, 4) is 5.75 Å². The van der Waals surface area contributed by atoms with E-state index < -0.39 is 11.5 Å². The summed E-state index contributed by atoms with van der Waals surface area (Å²) in [5.74, 6) is -0.851. The van der Waals surface area contributed by atoms with Gasteiger partial charge in [-0.25, -0.2) is 0 Å². The molecule has 2 aromatic carbocycles. The Balaban J connectivity index is 1.51. The van der Waals surface area contributed by atoms with Gasteiger partial charge < -0.3 is 19.9 Å². The van der Waals surface area contributed by atoms with Gasteiger partial charge in [0, 0.05) is 37.8 Å². The number of pyridine rings is 1. The minimum Gasteiger partial charge on any atom is -0.506 e. The fourth-order valence-electron chi connectivity index (χ4n) is 3.93. The third kappa shape index (κ3) is 3.70. The van der Waals surface area contributed by atoms with Crippen molar-refractivity contribution >= 4 is 22.5 Å². The van der Waals surface area contributed by atoms with Gasteiger partial charge in [-0.15, -0.1) is 0 Å². The topological polar surface area (TPSA) is 74.6 Å². The fraction of sp³-hybridized carbons (Fsp3) is 0.304. The molecule has 0 spiro atoms. The van der Waals surface area contributed by atoms with Gasteiger partial charge in [0.25, 0.3) is 11.5 Å². The average molecular weight is 391 g/mol. The first-order chi connectivity index (χ1) is 14.1. The molecule has 3 aromatic rings. The summed E-state index contributed by atoms with van der Waals surface area (Å²) in [6.07, 6.45) is 3.74. The molecule has 0 atom stereocenters. The van der Waals surface area contributed by atoms with E-state index in [2.05, 4.69) is 22.3 Å². The summed E-state index contributed by atoms with van der Waals surface area (Å²) in [7, 11) is 1.60. The van der Waals surface area contributed by atoms with Crippen molar-refractivity contribution in [1.29, 1.82) is 0 Å². The van der Waals surface area contributed by atoms with Crippen LogP contribution in [0.1, 0.15) is 35.2 Å². The number of fused-ring (bicyclic) bond motifs is 1. The SMILES string of the molecule is Cn1c(=O)c(C(=O)NCc2ccc(N3CCCCC3)cc2)c(O)c2ccccc21. The molecule has 1 amide bonds. The molecule has 29 heavy (non-hydrogen) atoms. The number of aromatic hydroxyl groups is 1. The molecule has 0 radical (unpaired) electrons. The standard InChI is InChI=1S/C23H25N3O3/c1-25-19-8-4-3-7-18(19)21(27)20(23(25)29)22(28)24-15-16-9-11-17(12-10-16)26-13-5-2-6-14-26/h3-4,7-12,27H,2,5-6,13-15H2,1H3,(H,24,28). The smallest absolute Gasteiger partial charge is 0.267 e. The van der Waals surface area contributed by atoms with Crippen LogP contribution in [0.3, 0.4) is 0 Å². The lowest BCUT2D eigenvalue weighted by Gasteiger charge is -2.28. The summed E-state index contributed by atoms with van der Waals surface area (Å²) in [5, 5.41) is 13.8. The Morgan fingerprint density at radius 1 is 1.03 bits per heavy atom. The number of aromatic nitrogens is 1. The van der Waals surface area contributed by atoms with Gasteiger partial charge in [-0.1, -0.05) is 24.3 Å². The van der Waals surface area contributed by atoms with Crippen LogP contribution in [0.15, 0.2) is 53.3 Å². The summed E-state index contributed by atoms with van der Waals surface area (Å²) in [4.78, 5) is 27.7. The second kappa shape index (κ2) is 7.99. The van der Waals surface area contributed by atoms with Crippen molar-refractivity contribution in [3.05, 3.63) is 70.0 Å². The zero-order chi connectivity index (χ0) is 20.4. The highest BCUT2D eigenvalue weighted by Crippen LogP contribution is 2.26. The summed E-state index contributed by atoms with van der Waals surface area (Å²) < 4.78 is 1.39. The van der Waals surface area contributed by atoms with E-state index in [0.29, 0.717) is 10.9 Å². The molecular formula is C23H25N3O3. The van der Waals surface area contributed by atoms with Gasteiger partial charge in [0.15, 0.2) is 0 Å². The Bertz CT molecular complexity index is 1100. The van der Waals surface area contributed by atoms with Crippen LogP contribution in [-0.2, 0) is 13.6 Å². The average Bonchev–Trinajstić information content (AvgIpc) is 2.77. The van der Waals surface area contributed by atoms with Crippen molar-refractivity contribution in [3.63, 3.8) is 0 Å². The van der Waals surface area contributed by atoms with Crippen molar-refractivity contribution in [2.75, 3.05) is 18.0 Å². The largest absolute Gasteiger partial charge is 0.506 e. The Labute approximate surface area is 169 Å². The van der Waals surface area contributed by atoms with E-state index in [4.69, 9.17) is 0 Å². The first-order valence-corrected chi connectivity index (χ1v) is 9.99. The molecule has 1 saturated heterocycles. The van der Waals surface area contributed by atoms with Crippen LogP contribution >= 0.6 is 0 Å². The maximum absolute atomic E-state index is 12.7. The molecule has 1 aromatic heterocycles. The third-order valence-corrected chi connectivity index (χ3v) is 5.61. The summed E-state index contributed by atoms with van der Waals surface area (Å²) >= 11 is 0. The van der Waals surface area contributed by atoms with Crippen LogP contribution in [0, 0.1) is 0 Å². The Hall–Kier alpha value is -3.28. The number of hydrogen-bond donors (Lipinski definition) is 2. The Morgan fingerprint density at radius 3 is 2.45 bits per heavy atom. The van der Waals surface area contributed by atoms with E-state index in [1.54, 1.807) is 31.3 Å². The van der Waals surface area contributed by atoms with Crippen molar-refractivity contribution in [2.45, 2.75) is 25.8 Å². The molecular weight excluding hydrogens is 366 g/mol. The molecule has 2 N–H and O–H groups in total. The highest BCUT2D eigenvalue weighted by Gasteiger charge is 2.20. The lowest BCUT2D eigenvalue weighted by Crippen LogP contribution is -2.32. The van der Waals surface area contributed by atoms with Gasteiger partial charge in [-0.3, -0.25) is 9.59 Å². The van der Waals surface area contributed by atoms with Gasteiger partial charge in [0.05, 0.1) is 5.52 Å². The molecule has 0 saturated carbocycles. The number of nitrogens with one attached hydrogen (secondary N) is 1. The van der Waals surface area contributed by atoms with E-state index in [-0.39, 0.29) is 17.9 Å². The fourth-order valence-corrected chi connectivity index (χ4v) is 3.93. The number of nitrogens with zero attached hydrogens (tertiary/aromatic N) is 2. The van der Waals surface area contributed by atoms with Crippen molar-refractivity contribution < 1.29 is 9.90 Å². The predicted molar refractivity (Wildman–Crippen MR) is 115 cm³/mol. The van der Waals surface area contributed by atoms with Crippen LogP contribution < -0.4 is 15.8 Å². The van der Waals surface area contributed by atoms with E-state index in [0.717, 1.165) is 18.7 Å². The highest BCUT2D eigenvalue weighted by molar-refractivity contribution is 6.02. The normalized spacial score (nSPS) is 14.2. The van der Waals surface area contributed by atoms with Gasteiger partial charge in [0.1, 0.15) is 11.3 Å². The summed E-state index contributed by atoms with van der Waals surface area (Å²) in [5.41, 5.74) is 1.98. The lowest BCUT2D eigenvalue weighted by atomic mass is 10.1. The van der Waals surface area contributed by atoms with Crippen LogP contribution in [0.25, 0.3) is 10.9 Å². The Kier molecular flexibility index (Phi) is 5.25. The number of benzene rings is 2. The van der Waals surface area contributed by atoms with Crippen LogP contribution in [0.2, 0.25) is 0 Å². The zero-order valence-corrected chi connectivity index (χ0v) is 16.5. The first kappa shape index (κ1) is 19.1. The number of anilines is 1. The minimum absolute atomic E-state index is 0.226. The number of para-hydroxylation sites is 1. The molecule has 1 fully saturated rings. The van der Waals surface area contributed by atoms with Gasteiger partial charge in [-0.05, 0) is 49.1 Å². The molecule has 4 rings (SSSR count). The van der Waals surface area contributed by atoms with E-state index in [1.807, 2.05) is 12.1 Å². The van der Waals surface area contributed by atoms with E-state index >= 15 is 0 Å². The van der Waals surface area contributed by atoms with Gasteiger partial charge in [-0.2, -0.15) is 0 Å². The Morgan fingerprint density at radius 2 is 1.72 bits per heavy atom. The second-order valence-electron chi connectivity index (χ2n) is 7.50. The number of hydrogen-bond acceptors (Lipinski definition) is 4. The number of carbonyl (C=O) groups excluding carboxylic acids is 1. The lowest BCUT2D eigenvalue weighted by molar-refractivity contribution is 0.0946. The van der Waals surface area contributed by atoms with Crippen LogP contribution in [-0.4, -0.2) is 28.7 Å². The molecule has 1 aliphatic heterocycles. The number of aryl methyl sites for hydroxylation is 1. The molecule has 0 aliphatic carbocycles. The number of piperidine rings is 1. The molecule has 6 heteroatoms. The number of carbonyl (C=O) groups is 1. The quantitative estimate of drug-likeness (QED) is 0.716. The molecule has 150 valence electrons. The number of rotatable bonds is 4. The molecule has 0 unspecified atom stereocenters. The third-order valence-electron chi connectivity index (χ3n) is 5.61. The first-order valence-electron chi connectivity index (χ1n) is 9.99. The maximum atomic E-state index is 12.7. The summed E-state index contributed by atoms with van der Waals surface area (Å²) in [6, 6.07) is 15.1. The highest BCUT2D eigenvalue weighted by atomic mass is 16.3. The van der Waals surface area contributed by atoms with Crippen LogP contribution in [0.5, 0.6) is 5.75 Å². The monoisotopic (exact) mass is 391 g/mol. The van der Waals surface area contributed by atoms with Gasteiger partial charge >= 0.3 is 0 Å². The zero-order valence-electron chi connectivity index (χ0n) is 16.5. The number of amides is 1. The van der Waals surface area contributed by atoms with E-state index in [9.17, 15) is 14.7 Å². The van der Waals surface area contributed by atoms with Crippen molar-refractivity contribution in [1.82, 2.24) is 9.88 Å². The van der Waals surface area contributed by atoms with E-state index in [1.165, 1.54) is 29.5 Å². The second-order valence-corrected chi connectivity index (χ2v) is 7.50. The molecule has 1 aliphatic rings. The maximum Gasteiger partial charge on any atom is 0.267 e. The summed E-state index contributed by atoms with van der Waals surface area (Å²) in [6.45, 7) is 2.45.